The molecule has 0 amide bonds. The second-order valence-corrected chi connectivity index (χ2v) is 16.0. The molecule has 2 heterocycles. The predicted molar refractivity (Wildman–Crippen MR) is 245 cm³/mol. The van der Waals surface area contributed by atoms with Crippen LogP contribution in [0.15, 0.2) is 182 Å². The van der Waals surface area contributed by atoms with Crippen LogP contribution in [0.5, 0.6) is 0 Å². The Morgan fingerprint density at radius 1 is 0.386 bits per heavy atom. The van der Waals surface area contributed by atoms with Crippen molar-refractivity contribution in [3.05, 3.63) is 215 Å². The molecular weight excluding hydrogens is 905 g/mol. The van der Waals surface area contributed by atoms with E-state index < -0.39 is 104 Å². The summed E-state index contributed by atoms with van der Waals surface area (Å²) in [5.41, 5.74) is 0.569. The monoisotopic (exact) mass is 950 g/mol. The Balaban J connectivity index is 1.22. The molecule has 10 atom stereocenters. The number of carbonyl (C=O) groups is 6. The van der Waals surface area contributed by atoms with E-state index in [1.807, 2.05) is 0 Å². The second kappa shape index (κ2) is 22.9. The summed E-state index contributed by atoms with van der Waals surface area (Å²) in [6.45, 7) is 0.824. The van der Waals surface area contributed by atoms with Crippen LogP contribution in [0.1, 0.15) is 69.1 Å². The van der Waals surface area contributed by atoms with E-state index in [1.165, 1.54) is 79.7 Å². The third-order valence-corrected chi connectivity index (χ3v) is 11.3. The van der Waals surface area contributed by atoms with Gasteiger partial charge in [-0.1, -0.05) is 109 Å². The molecule has 358 valence electrons. The van der Waals surface area contributed by atoms with Gasteiger partial charge in [-0.05, 0) is 79.7 Å². The summed E-state index contributed by atoms with van der Waals surface area (Å²) in [5.74, 6) is -5.40. The number of hydrogen-bond acceptors (Lipinski definition) is 16. The summed E-state index contributed by atoms with van der Waals surface area (Å²) in [7, 11) is 0. The van der Waals surface area contributed by atoms with Crippen LogP contribution in [0.3, 0.4) is 0 Å². The van der Waals surface area contributed by atoms with E-state index in [0.717, 1.165) is 0 Å². The lowest BCUT2D eigenvalue weighted by atomic mass is 9.96. The molecule has 0 bridgehead atoms. The zero-order valence-corrected chi connectivity index (χ0v) is 37.4. The van der Waals surface area contributed by atoms with Crippen molar-refractivity contribution in [1.29, 1.82) is 0 Å². The van der Waals surface area contributed by atoms with E-state index in [9.17, 15) is 33.9 Å². The molecule has 16 heteroatoms. The zero-order valence-electron chi connectivity index (χ0n) is 37.4. The summed E-state index contributed by atoms with van der Waals surface area (Å²) in [4.78, 5) is 83.2. The third-order valence-electron chi connectivity index (χ3n) is 11.3. The van der Waals surface area contributed by atoms with Gasteiger partial charge in [0, 0.05) is 0 Å². The van der Waals surface area contributed by atoms with Crippen LogP contribution in [0.2, 0.25) is 0 Å². The van der Waals surface area contributed by atoms with Crippen LogP contribution in [0, 0.1) is 0 Å². The summed E-state index contributed by atoms with van der Waals surface area (Å²) < 4.78 is 55.3. The lowest BCUT2D eigenvalue weighted by molar-refractivity contribution is -0.349. The van der Waals surface area contributed by atoms with Crippen LogP contribution in [-0.4, -0.2) is 109 Å². The number of aliphatic hydroxyl groups excluding tert-OH is 1. The van der Waals surface area contributed by atoms with Gasteiger partial charge in [-0.2, -0.15) is 0 Å². The molecule has 2 aliphatic heterocycles. The topological polar surface area (TPSA) is 206 Å². The normalized spacial score (nSPS) is 23.9. The maximum absolute atomic E-state index is 14.2. The molecule has 6 aromatic rings. The number of ether oxygens (including phenoxy) is 9. The van der Waals surface area contributed by atoms with Crippen LogP contribution < -0.4 is 0 Å². The van der Waals surface area contributed by atoms with Crippen molar-refractivity contribution >= 4 is 35.8 Å². The van der Waals surface area contributed by atoms with Gasteiger partial charge in [0.1, 0.15) is 18.8 Å². The molecule has 6 aromatic carbocycles. The first-order valence-electron chi connectivity index (χ1n) is 22.2. The van der Waals surface area contributed by atoms with Gasteiger partial charge >= 0.3 is 35.8 Å². The molecule has 0 spiro atoms. The third kappa shape index (κ3) is 11.8. The van der Waals surface area contributed by atoms with E-state index >= 15 is 0 Å². The summed E-state index contributed by atoms with van der Waals surface area (Å²) in [6.07, 6.45) is -17.1. The molecule has 0 radical (unpaired) electrons. The molecule has 16 nitrogen and oxygen atoms in total. The fourth-order valence-electron chi connectivity index (χ4n) is 7.76. The molecule has 0 saturated carbocycles. The quantitative estimate of drug-likeness (QED) is 0.0828. The summed E-state index contributed by atoms with van der Waals surface area (Å²) in [5, 5.41) is 11.7. The Morgan fingerprint density at radius 2 is 0.686 bits per heavy atom. The van der Waals surface area contributed by atoms with Crippen molar-refractivity contribution in [3.63, 3.8) is 0 Å². The molecule has 70 heavy (non-hydrogen) atoms. The van der Waals surface area contributed by atoms with Crippen molar-refractivity contribution in [3.8, 4) is 0 Å². The van der Waals surface area contributed by atoms with Crippen LogP contribution in [-0.2, 0) is 42.6 Å². The number of esters is 6. The maximum Gasteiger partial charge on any atom is 0.338 e. The SMILES string of the molecule is C[C@H]1O[C@@H](O[C@H]2[C@H](OC(=O)c3ccccc3)[C@H](OC(=O)c3ccccc3)[C@@H](O)O[C@@H]2COC(=O)c2ccccc2)[C@H](OC(=O)c2ccccc2)[C@@H](OC(=O)c2ccccc2)[C@H]1OC(=O)c1ccccc1. The van der Waals surface area contributed by atoms with Gasteiger partial charge in [0.25, 0.3) is 0 Å². The first-order chi connectivity index (χ1) is 34.0. The van der Waals surface area contributed by atoms with Gasteiger partial charge in [0.2, 0.25) is 0 Å². The number of benzene rings is 6. The highest BCUT2D eigenvalue weighted by molar-refractivity contribution is 5.92. The molecule has 1 N–H and O–H groups in total. The fraction of sp³-hybridized carbons (Fsp3) is 0.222. The lowest BCUT2D eigenvalue weighted by Crippen LogP contribution is -2.66. The molecule has 2 aliphatic rings. The smallest absolute Gasteiger partial charge is 0.338 e. The molecule has 0 aromatic heterocycles. The molecular formula is C54H46O16. The maximum atomic E-state index is 14.2. The van der Waals surface area contributed by atoms with Gasteiger partial charge < -0.3 is 47.7 Å². The number of carbonyl (C=O) groups excluding carboxylic acids is 6. The molecule has 2 fully saturated rings. The highest BCUT2D eigenvalue weighted by Crippen LogP contribution is 2.36. The van der Waals surface area contributed by atoms with Crippen molar-refractivity contribution in [2.24, 2.45) is 0 Å². The average Bonchev–Trinajstić information content (AvgIpc) is 3.40. The Labute approximate surface area is 401 Å². The average molecular weight is 951 g/mol. The van der Waals surface area contributed by atoms with Gasteiger partial charge in [0.15, 0.2) is 43.1 Å². The van der Waals surface area contributed by atoms with Crippen LogP contribution in [0.4, 0.5) is 0 Å². The van der Waals surface area contributed by atoms with E-state index in [2.05, 4.69) is 0 Å². The number of aliphatic hydroxyl groups is 1. The Morgan fingerprint density at radius 3 is 1.06 bits per heavy atom. The number of rotatable bonds is 15. The first-order valence-corrected chi connectivity index (χ1v) is 22.2. The summed E-state index contributed by atoms with van der Waals surface area (Å²) >= 11 is 0. The largest absolute Gasteiger partial charge is 0.459 e. The highest BCUT2D eigenvalue weighted by atomic mass is 16.8. The van der Waals surface area contributed by atoms with Crippen molar-refractivity contribution in [1.82, 2.24) is 0 Å². The minimum atomic E-state index is -2.04. The second-order valence-electron chi connectivity index (χ2n) is 16.0. The molecule has 0 unspecified atom stereocenters. The molecule has 0 aliphatic carbocycles. The van der Waals surface area contributed by atoms with Gasteiger partial charge in [-0.15, -0.1) is 0 Å². The number of hydrogen-bond donors (Lipinski definition) is 1. The van der Waals surface area contributed by atoms with Crippen molar-refractivity contribution in [2.75, 3.05) is 6.61 Å². The highest BCUT2D eigenvalue weighted by Gasteiger charge is 2.57. The van der Waals surface area contributed by atoms with Gasteiger partial charge in [-0.3, -0.25) is 0 Å². The Kier molecular flexibility index (Phi) is 15.8. The predicted octanol–water partition coefficient (Wildman–Crippen LogP) is 6.82. The van der Waals surface area contributed by atoms with E-state index in [4.69, 9.17) is 42.6 Å². The van der Waals surface area contributed by atoms with Crippen molar-refractivity contribution in [2.45, 2.75) is 68.3 Å². The van der Waals surface area contributed by atoms with E-state index in [1.54, 1.807) is 109 Å². The molecule has 8 rings (SSSR count). The van der Waals surface area contributed by atoms with Crippen LogP contribution >= 0.6 is 0 Å². The minimum absolute atomic E-state index is 0.0515. The van der Waals surface area contributed by atoms with E-state index in [-0.39, 0.29) is 33.4 Å². The molecule has 2 saturated heterocycles. The van der Waals surface area contributed by atoms with Crippen LogP contribution in [0.25, 0.3) is 0 Å². The van der Waals surface area contributed by atoms with Gasteiger partial charge in [0.05, 0.1) is 39.5 Å². The fourth-order valence-corrected chi connectivity index (χ4v) is 7.76. The standard InChI is InChI=1S/C54H46O16/c1-33-41(65-48(56)35-22-10-3-11-23-35)43(66-49(57)36-24-12-4-13-25-36)46(69-52(60)39-30-18-7-19-31-39)54(63-33)70-42-40(32-62-47(55)34-20-8-2-9-21-34)64-53(61)45(68-51(59)38-28-16-6-17-29-38)44(42)67-50(58)37-26-14-5-15-27-37/h2-31,33,40-46,53-54,61H,32H2,1H3/t33-,40-,41+,42-,43+,44+,45+,46-,53+,54+/m1/s1. The lowest BCUT2D eigenvalue weighted by Gasteiger charge is -2.48. The minimum Gasteiger partial charge on any atom is -0.459 e. The first kappa shape index (κ1) is 48.4. The van der Waals surface area contributed by atoms with E-state index in [0.29, 0.717) is 0 Å². The van der Waals surface area contributed by atoms with Crippen molar-refractivity contribution < 1.29 is 76.5 Å². The Hall–Kier alpha value is -8.02. The Bertz CT molecular complexity index is 2710. The zero-order chi connectivity index (χ0) is 49.0. The van der Waals surface area contributed by atoms with Gasteiger partial charge in [-0.25, -0.2) is 28.8 Å². The summed E-state index contributed by atoms with van der Waals surface area (Å²) in [6, 6.07) is 47.2.